The first-order valence-electron chi connectivity index (χ1n) is 5.77. The van der Waals surface area contributed by atoms with Crippen molar-refractivity contribution in [3.63, 3.8) is 0 Å². The molecule has 0 heterocycles. The van der Waals surface area contributed by atoms with Crippen molar-refractivity contribution >= 4 is 0 Å². The van der Waals surface area contributed by atoms with Crippen LogP contribution in [0.1, 0.15) is 40.5 Å². The molecule has 0 rings (SSSR count). The van der Waals surface area contributed by atoms with Crippen LogP contribution in [0.5, 0.6) is 0 Å². The highest BCUT2D eigenvalue weighted by atomic mass is 16.7. The molecule has 0 aliphatic heterocycles. The zero-order valence-corrected chi connectivity index (χ0v) is 10.1. The largest absolute Gasteiger partial charge is 0.340 e. The summed E-state index contributed by atoms with van der Waals surface area (Å²) in [5.74, 6) is 0. The lowest BCUT2D eigenvalue weighted by atomic mass is 10.4. The second-order valence-corrected chi connectivity index (χ2v) is 3.25. The molecule has 3 nitrogen and oxygen atoms in total. The quantitative estimate of drug-likeness (QED) is 0.537. The molecule has 0 amide bonds. The molecule has 0 bridgehead atoms. The Morgan fingerprint density at radius 3 is 1.57 bits per heavy atom. The topological polar surface area (TPSA) is 21.7 Å². The minimum Gasteiger partial charge on any atom is -0.340 e. The first-order chi connectivity index (χ1) is 6.79. The van der Waals surface area contributed by atoms with Crippen molar-refractivity contribution in [3.05, 3.63) is 0 Å². The molecule has 0 N–H and O–H groups in total. The molecule has 14 heavy (non-hydrogen) atoms. The molecule has 0 fully saturated rings. The van der Waals surface area contributed by atoms with Crippen molar-refractivity contribution in [1.82, 2.24) is 4.90 Å². The summed E-state index contributed by atoms with van der Waals surface area (Å²) in [6, 6.07) is 0. The van der Waals surface area contributed by atoms with Gasteiger partial charge in [-0.2, -0.15) is 0 Å². The van der Waals surface area contributed by atoms with Crippen LogP contribution in [-0.4, -0.2) is 37.6 Å². The number of ether oxygens (including phenoxy) is 2. The van der Waals surface area contributed by atoms with Crippen LogP contribution in [0.4, 0.5) is 0 Å². The van der Waals surface area contributed by atoms with Crippen molar-refractivity contribution in [2.45, 2.75) is 47.0 Å². The van der Waals surface area contributed by atoms with Gasteiger partial charge in [-0.15, -0.1) is 0 Å². The fraction of sp³-hybridized carbons (Fsp3) is 1.00. The van der Waals surface area contributed by atoms with E-state index in [-0.39, 0.29) is 6.41 Å². The van der Waals surface area contributed by atoms with E-state index in [2.05, 4.69) is 18.7 Å². The first-order valence-corrected chi connectivity index (χ1v) is 5.77. The van der Waals surface area contributed by atoms with Crippen LogP contribution >= 0.6 is 0 Å². The number of hydrogen-bond donors (Lipinski definition) is 0. The van der Waals surface area contributed by atoms with Crippen molar-refractivity contribution < 1.29 is 9.47 Å². The Bertz CT molecular complexity index is 93.9. The predicted octanol–water partition coefficient (Wildman–Crippen LogP) is 2.47. The van der Waals surface area contributed by atoms with Crippen molar-refractivity contribution in [1.29, 1.82) is 0 Å². The van der Waals surface area contributed by atoms with E-state index in [9.17, 15) is 0 Å². The van der Waals surface area contributed by atoms with Crippen LogP contribution in [0.15, 0.2) is 0 Å². The molecule has 0 atom stereocenters. The summed E-state index contributed by atoms with van der Waals surface area (Å²) in [7, 11) is 0. The average molecular weight is 203 g/mol. The Morgan fingerprint density at radius 1 is 0.857 bits per heavy atom. The number of nitrogens with zero attached hydrogens (tertiary/aromatic N) is 1. The van der Waals surface area contributed by atoms with E-state index in [4.69, 9.17) is 9.47 Å². The maximum atomic E-state index is 5.55. The van der Waals surface area contributed by atoms with Crippen LogP contribution in [-0.2, 0) is 9.47 Å². The van der Waals surface area contributed by atoms with Gasteiger partial charge in [-0.25, -0.2) is 0 Å². The summed E-state index contributed by atoms with van der Waals surface area (Å²) < 4.78 is 11.1. The molecular formula is C11H25NO2. The van der Waals surface area contributed by atoms with Gasteiger partial charge in [-0.1, -0.05) is 13.8 Å². The SMILES string of the molecule is CCCN(CCC)C(OCC)OCC. The zero-order valence-electron chi connectivity index (χ0n) is 10.1. The third-order valence-electron chi connectivity index (χ3n) is 1.94. The van der Waals surface area contributed by atoms with E-state index in [1.54, 1.807) is 0 Å². The van der Waals surface area contributed by atoms with E-state index in [1.807, 2.05) is 13.8 Å². The van der Waals surface area contributed by atoms with E-state index in [1.165, 1.54) is 0 Å². The Balaban J connectivity index is 4.06. The predicted molar refractivity (Wildman–Crippen MR) is 59.2 cm³/mol. The Morgan fingerprint density at radius 2 is 1.29 bits per heavy atom. The van der Waals surface area contributed by atoms with Gasteiger partial charge in [0.25, 0.3) is 0 Å². The normalized spacial score (nSPS) is 11.6. The molecule has 3 heteroatoms. The molecule has 0 unspecified atom stereocenters. The lowest BCUT2D eigenvalue weighted by molar-refractivity contribution is -0.220. The van der Waals surface area contributed by atoms with Crippen LogP contribution in [0.3, 0.4) is 0 Å². The third-order valence-corrected chi connectivity index (χ3v) is 1.94. The minimum atomic E-state index is -0.148. The fourth-order valence-electron chi connectivity index (χ4n) is 1.44. The lowest BCUT2D eigenvalue weighted by Gasteiger charge is -2.30. The van der Waals surface area contributed by atoms with Crippen LogP contribution in [0.2, 0.25) is 0 Å². The highest BCUT2D eigenvalue weighted by molar-refractivity contribution is 4.55. The van der Waals surface area contributed by atoms with Gasteiger partial charge >= 0.3 is 0 Å². The van der Waals surface area contributed by atoms with Gasteiger partial charge in [-0.05, 0) is 26.7 Å². The zero-order chi connectivity index (χ0) is 10.8. The van der Waals surface area contributed by atoms with Crippen LogP contribution in [0.25, 0.3) is 0 Å². The molecule has 0 saturated carbocycles. The van der Waals surface area contributed by atoms with Gasteiger partial charge in [-0.3, -0.25) is 4.90 Å². The Labute approximate surface area is 88.4 Å². The Hall–Kier alpha value is -0.120. The molecule has 0 aromatic rings. The standard InChI is InChI=1S/C11H25NO2/c1-5-9-12(10-6-2)11(13-7-3)14-8-4/h11H,5-10H2,1-4H3. The lowest BCUT2D eigenvalue weighted by Crippen LogP contribution is -2.40. The van der Waals surface area contributed by atoms with Gasteiger partial charge in [0.15, 0.2) is 0 Å². The van der Waals surface area contributed by atoms with E-state index < -0.39 is 0 Å². The highest BCUT2D eigenvalue weighted by Crippen LogP contribution is 2.05. The van der Waals surface area contributed by atoms with E-state index in [0.717, 1.165) is 25.9 Å². The summed E-state index contributed by atoms with van der Waals surface area (Å²) in [5.41, 5.74) is 0. The van der Waals surface area contributed by atoms with Gasteiger partial charge in [0.2, 0.25) is 6.41 Å². The van der Waals surface area contributed by atoms with Crippen LogP contribution in [0, 0.1) is 0 Å². The van der Waals surface area contributed by atoms with Gasteiger partial charge < -0.3 is 9.47 Å². The van der Waals surface area contributed by atoms with Crippen molar-refractivity contribution in [3.8, 4) is 0 Å². The smallest absolute Gasteiger partial charge is 0.218 e. The second-order valence-electron chi connectivity index (χ2n) is 3.25. The molecule has 0 aliphatic rings. The maximum Gasteiger partial charge on any atom is 0.218 e. The first kappa shape index (κ1) is 13.9. The second kappa shape index (κ2) is 9.44. The van der Waals surface area contributed by atoms with Gasteiger partial charge in [0.05, 0.1) is 0 Å². The molecule has 0 aromatic heterocycles. The van der Waals surface area contributed by atoms with E-state index in [0.29, 0.717) is 13.2 Å². The maximum absolute atomic E-state index is 5.55. The molecule has 86 valence electrons. The summed E-state index contributed by atoms with van der Waals surface area (Å²) in [6.45, 7) is 11.8. The average Bonchev–Trinajstić information content (AvgIpc) is 2.17. The van der Waals surface area contributed by atoms with Crippen molar-refractivity contribution in [2.24, 2.45) is 0 Å². The minimum absolute atomic E-state index is 0.148. The van der Waals surface area contributed by atoms with E-state index >= 15 is 0 Å². The molecule has 0 spiro atoms. The molecule has 0 aromatic carbocycles. The summed E-state index contributed by atoms with van der Waals surface area (Å²) in [5, 5.41) is 0. The monoisotopic (exact) mass is 203 g/mol. The van der Waals surface area contributed by atoms with Gasteiger partial charge in [0.1, 0.15) is 0 Å². The summed E-state index contributed by atoms with van der Waals surface area (Å²) in [6.07, 6.45) is 2.12. The Kier molecular flexibility index (Phi) is 9.35. The molecule has 0 saturated heterocycles. The fourth-order valence-corrected chi connectivity index (χ4v) is 1.44. The van der Waals surface area contributed by atoms with Crippen LogP contribution < -0.4 is 0 Å². The van der Waals surface area contributed by atoms with Crippen molar-refractivity contribution in [2.75, 3.05) is 26.3 Å². The third kappa shape index (κ3) is 5.58. The highest BCUT2D eigenvalue weighted by Gasteiger charge is 2.16. The summed E-state index contributed by atoms with van der Waals surface area (Å²) in [4.78, 5) is 2.26. The summed E-state index contributed by atoms with van der Waals surface area (Å²) >= 11 is 0. The molecule has 0 aliphatic carbocycles. The molecular weight excluding hydrogens is 178 g/mol. The number of rotatable bonds is 9. The molecule has 0 radical (unpaired) electrons. The van der Waals surface area contributed by atoms with Gasteiger partial charge in [0, 0.05) is 26.3 Å². The number of hydrogen-bond acceptors (Lipinski definition) is 3.